The van der Waals surface area contributed by atoms with E-state index in [-0.39, 0.29) is 22.9 Å². The summed E-state index contributed by atoms with van der Waals surface area (Å²) in [5.74, 6) is -0.00998. The van der Waals surface area contributed by atoms with Gasteiger partial charge in [-0.25, -0.2) is 9.97 Å². The van der Waals surface area contributed by atoms with Crippen LogP contribution < -0.4 is 15.0 Å². The fraction of sp³-hybridized carbons (Fsp3) is 0.231. The van der Waals surface area contributed by atoms with E-state index in [2.05, 4.69) is 19.7 Å². The quantitative estimate of drug-likeness (QED) is 0.339. The molecule has 1 aliphatic rings. The lowest BCUT2D eigenvalue weighted by Gasteiger charge is -2.15. The molecule has 0 bridgehead atoms. The van der Waals surface area contributed by atoms with Crippen molar-refractivity contribution in [2.75, 3.05) is 0 Å². The SMILES string of the molecule is Cn1cnc2ccc(-c3cc4cnc(OC5(C)CC5)nc4n(-c4ccc(OC(F)F)cc4)c3=O)cc21. The molecule has 0 amide bonds. The molecule has 5 aromatic rings. The van der Waals surface area contributed by atoms with E-state index in [1.807, 2.05) is 36.7 Å². The first-order valence-corrected chi connectivity index (χ1v) is 11.4. The van der Waals surface area contributed by atoms with Crippen LogP contribution in [0.3, 0.4) is 0 Å². The van der Waals surface area contributed by atoms with Crippen LogP contribution in [-0.4, -0.2) is 36.3 Å². The van der Waals surface area contributed by atoms with Gasteiger partial charge in [-0.2, -0.15) is 13.8 Å². The number of pyridine rings is 1. The summed E-state index contributed by atoms with van der Waals surface area (Å²) in [5.41, 5.74) is 3.00. The minimum Gasteiger partial charge on any atom is -0.457 e. The Labute approximate surface area is 203 Å². The van der Waals surface area contributed by atoms with E-state index < -0.39 is 6.61 Å². The van der Waals surface area contributed by atoms with Gasteiger partial charge < -0.3 is 14.0 Å². The zero-order valence-electron chi connectivity index (χ0n) is 19.5. The molecule has 0 atom stereocenters. The molecule has 0 spiro atoms. The first-order chi connectivity index (χ1) is 17.3. The van der Waals surface area contributed by atoms with Crippen LogP contribution in [0.5, 0.6) is 11.8 Å². The highest BCUT2D eigenvalue weighted by Gasteiger charge is 2.41. The van der Waals surface area contributed by atoms with Crippen molar-refractivity contribution in [2.45, 2.75) is 32.0 Å². The van der Waals surface area contributed by atoms with E-state index in [4.69, 9.17) is 4.74 Å². The van der Waals surface area contributed by atoms with Crippen molar-refractivity contribution in [1.29, 1.82) is 0 Å². The number of halogens is 2. The summed E-state index contributed by atoms with van der Waals surface area (Å²) in [4.78, 5) is 27.2. The average Bonchev–Trinajstić information content (AvgIpc) is 3.47. The number of fused-ring (bicyclic) bond motifs is 2. The zero-order chi connectivity index (χ0) is 25.0. The van der Waals surface area contributed by atoms with Gasteiger partial charge in [-0.1, -0.05) is 6.07 Å². The molecule has 182 valence electrons. The lowest BCUT2D eigenvalue weighted by molar-refractivity contribution is -0.0498. The number of ether oxygens (including phenoxy) is 2. The standard InChI is InChI=1S/C26H21F2N5O3/c1-26(9-10-26)36-25-29-13-16-11-19(15-3-8-20-21(12-15)32(2)14-30-20)23(34)33(22(16)31-25)17-4-6-18(7-5-17)35-24(27)28/h3-8,11-14,24H,9-10H2,1-2H3. The van der Waals surface area contributed by atoms with Crippen LogP contribution in [0.1, 0.15) is 19.8 Å². The first kappa shape index (κ1) is 22.1. The van der Waals surface area contributed by atoms with Crippen molar-refractivity contribution in [3.63, 3.8) is 0 Å². The Morgan fingerprint density at radius 3 is 2.56 bits per heavy atom. The molecule has 36 heavy (non-hydrogen) atoms. The molecule has 0 saturated heterocycles. The van der Waals surface area contributed by atoms with Crippen LogP contribution in [0.2, 0.25) is 0 Å². The van der Waals surface area contributed by atoms with Gasteiger partial charge in [0.1, 0.15) is 11.4 Å². The van der Waals surface area contributed by atoms with Crippen molar-refractivity contribution in [3.8, 4) is 28.6 Å². The number of hydrogen-bond donors (Lipinski definition) is 0. The van der Waals surface area contributed by atoms with Crippen LogP contribution in [0.4, 0.5) is 8.78 Å². The maximum absolute atomic E-state index is 13.9. The van der Waals surface area contributed by atoms with Crippen LogP contribution >= 0.6 is 0 Å². The summed E-state index contributed by atoms with van der Waals surface area (Å²) in [7, 11) is 1.89. The summed E-state index contributed by atoms with van der Waals surface area (Å²) in [5, 5.41) is 0.621. The van der Waals surface area contributed by atoms with Crippen LogP contribution in [-0.2, 0) is 7.05 Å². The van der Waals surface area contributed by atoms with Gasteiger partial charge in [-0.3, -0.25) is 9.36 Å². The Balaban J connectivity index is 1.56. The molecule has 1 saturated carbocycles. The predicted octanol–water partition coefficient (Wildman–Crippen LogP) is 4.87. The van der Waals surface area contributed by atoms with E-state index >= 15 is 0 Å². The number of rotatable bonds is 6. The number of aromatic nitrogens is 5. The molecule has 0 radical (unpaired) electrons. The highest BCUT2D eigenvalue weighted by molar-refractivity contribution is 5.86. The summed E-state index contributed by atoms with van der Waals surface area (Å²) in [6.45, 7) is -0.964. The molecule has 1 fully saturated rings. The lowest BCUT2D eigenvalue weighted by Crippen LogP contribution is -2.22. The maximum atomic E-state index is 13.9. The van der Waals surface area contributed by atoms with Crippen molar-refractivity contribution in [2.24, 2.45) is 7.05 Å². The molecule has 3 heterocycles. The second-order valence-electron chi connectivity index (χ2n) is 9.11. The van der Waals surface area contributed by atoms with Crippen LogP contribution in [0, 0.1) is 0 Å². The van der Waals surface area contributed by atoms with Crippen molar-refractivity contribution >= 4 is 22.1 Å². The van der Waals surface area contributed by atoms with E-state index in [1.54, 1.807) is 18.6 Å². The topological polar surface area (TPSA) is 84.1 Å². The third-order valence-corrected chi connectivity index (χ3v) is 6.37. The normalized spacial score (nSPS) is 14.5. The maximum Gasteiger partial charge on any atom is 0.387 e. The second-order valence-corrected chi connectivity index (χ2v) is 9.11. The first-order valence-electron chi connectivity index (χ1n) is 11.4. The monoisotopic (exact) mass is 489 g/mol. The van der Waals surface area contributed by atoms with Gasteiger partial charge in [-0.15, -0.1) is 0 Å². The molecule has 0 aliphatic heterocycles. The minimum atomic E-state index is -2.94. The van der Waals surface area contributed by atoms with Crippen LogP contribution in [0.15, 0.2) is 65.8 Å². The summed E-state index contributed by atoms with van der Waals surface area (Å²) < 4.78 is 39.0. The van der Waals surface area contributed by atoms with Crippen LogP contribution in [0.25, 0.3) is 38.9 Å². The molecule has 10 heteroatoms. The van der Waals surface area contributed by atoms with Gasteiger partial charge in [0.2, 0.25) is 0 Å². The van der Waals surface area contributed by atoms with Crippen molar-refractivity contribution < 1.29 is 18.3 Å². The predicted molar refractivity (Wildman–Crippen MR) is 130 cm³/mol. The fourth-order valence-corrected chi connectivity index (χ4v) is 4.15. The molecule has 8 nitrogen and oxygen atoms in total. The van der Waals surface area contributed by atoms with Crippen molar-refractivity contribution in [3.05, 3.63) is 71.4 Å². The third-order valence-electron chi connectivity index (χ3n) is 6.37. The second kappa shape index (κ2) is 8.11. The van der Waals surface area contributed by atoms with Gasteiger partial charge in [0.25, 0.3) is 5.56 Å². The summed E-state index contributed by atoms with van der Waals surface area (Å²) >= 11 is 0. The Morgan fingerprint density at radius 1 is 1.06 bits per heavy atom. The Bertz CT molecular complexity index is 1670. The number of alkyl halides is 2. The van der Waals surface area contributed by atoms with Gasteiger partial charge in [0, 0.05) is 24.2 Å². The van der Waals surface area contributed by atoms with E-state index in [0.717, 1.165) is 23.9 Å². The minimum absolute atomic E-state index is 0.00998. The molecular weight excluding hydrogens is 468 g/mol. The van der Waals surface area contributed by atoms with E-state index in [0.29, 0.717) is 27.8 Å². The van der Waals surface area contributed by atoms with E-state index in [9.17, 15) is 13.6 Å². The summed E-state index contributed by atoms with van der Waals surface area (Å²) in [6.07, 6.45) is 5.15. The van der Waals surface area contributed by atoms with E-state index in [1.165, 1.54) is 28.8 Å². The van der Waals surface area contributed by atoms with Gasteiger partial charge in [0.05, 0.1) is 23.0 Å². The molecular formula is C26H21F2N5O3. The third kappa shape index (κ3) is 3.94. The fourth-order valence-electron chi connectivity index (χ4n) is 4.15. The lowest BCUT2D eigenvalue weighted by atomic mass is 10.0. The Hall–Kier alpha value is -4.34. The Kier molecular flexibility index (Phi) is 4.99. The molecule has 1 aliphatic carbocycles. The highest BCUT2D eigenvalue weighted by Crippen LogP contribution is 2.38. The average molecular weight is 489 g/mol. The number of benzene rings is 2. The molecule has 3 aromatic heterocycles. The molecule has 6 rings (SSSR count). The highest BCUT2D eigenvalue weighted by atomic mass is 19.3. The zero-order valence-corrected chi connectivity index (χ0v) is 19.5. The van der Waals surface area contributed by atoms with Gasteiger partial charge >= 0.3 is 12.6 Å². The molecule has 0 unspecified atom stereocenters. The summed E-state index contributed by atoms with van der Waals surface area (Å²) in [6, 6.07) is 13.4. The van der Waals surface area contributed by atoms with Crippen molar-refractivity contribution in [1.82, 2.24) is 24.1 Å². The smallest absolute Gasteiger partial charge is 0.387 e. The Morgan fingerprint density at radius 2 is 1.83 bits per heavy atom. The molecule has 0 N–H and O–H groups in total. The molecule has 2 aromatic carbocycles. The largest absolute Gasteiger partial charge is 0.457 e. The number of nitrogens with zero attached hydrogens (tertiary/aromatic N) is 5. The van der Waals surface area contributed by atoms with Gasteiger partial charge in [0.15, 0.2) is 5.65 Å². The number of hydrogen-bond acceptors (Lipinski definition) is 6. The number of imidazole rings is 1. The van der Waals surface area contributed by atoms with Gasteiger partial charge in [-0.05, 0) is 67.8 Å². The number of aryl methyl sites for hydroxylation is 1.